The zero-order valence-electron chi connectivity index (χ0n) is 43.0. The Morgan fingerprint density at radius 1 is 0.653 bits per heavy atom. The van der Waals surface area contributed by atoms with Crippen LogP contribution in [0.4, 0.5) is 5.69 Å². The molecular weight excluding hydrogens is 983 g/mol. The van der Waals surface area contributed by atoms with Crippen molar-refractivity contribution in [3.8, 4) is 28.7 Å². The van der Waals surface area contributed by atoms with E-state index in [0.717, 1.165) is 33.8 Å². The summed E-state index contributed by atoms with van der Waals surface area (Å²) >= 11 is 0. The average Bonchev–Trinajstić information content (AvgIpc) is 4.18. The number of ketones is 1. The topological polar surface area (TPSA) is 237 Å². The highest BCUT2D eigenvalue weighted by molar-refractivity contribution is 6.10. The van der Waals surface area contributed by atoms with Crippen LogP contribution >= 0.6 is 0 Å². The predicted molar refractivity (Wildman–Crippen MR) is 266 cm³/mol. The molecular formula is C53H69N3O19. The predicted octanol–water partition coefficient (Wildman–Crippen LogP) is 4.02. The molecule has 2 amide bonds. The molecule has 3 aromatic rings. The van der Waals surface area contributed by atoms with Crippen molar-refractivity contribution in [2.24, 2.45) is 16.9 Å². The molecule has 3 atom stereocenters. The third-order valence-electron chi connectivity index (χ3n) is 12.7. The van der Waals surface area contributed by atoms with Gasteiger partial charge in [-0.05, 0) is 66.1 Å². The number of Topliss-reactive ketones (excluding diaryl/α,β-unsaturated/α-hetero) is 1. The first-order chi connectivity index (χ1) is 36.7. The highest BCUT2D eigenvalue weighted by atomic mass is 16.7. The van der Waals surface area contributed by atoms with E-state index in [0.29, 0.717) is 139 Å². The lowest BCUT2D eigenvalue weighted by molar-refractivity contribution is -0.198. The molecule has 0 unspecified atom stereocenters. The molecule has 0 spiro atoms. The fourth-order valence-electron chi connectivity index (χ4n) is 9.11. The van der Waals surface area contributed by atoms with E-state index in [1.807, 2.05) is 53.5 Å². The number of rotatable bonds is 36. The van der Waals surface area contributed by atoms with E-state index in [1.54, 1.807) is 14.2 Å². The number of benzene rings is 3. The Labute approximate surface area is 436 Å². The second kappa shape index (κ2) is 30.0. The van der Waals surface area contributed by atoms with Crippen LogP contribution in [0, 0.1) is 11.8 Å². The maximum absolute atomic E-state index is 14.8. The lowest BCUT2D eigenvalue weighted by Crippen LogP contribution is -2.41. The quantitative estimate of drug-likeness (QED) is 0.0640. The number of hydrazone groups is 1. The lowest BCUT2D eigenvalue weighted by Gasteiger charge is -2.38. The zero-order chi connectivity index (χ0) is 52.8. The first kappa shape index (κ1) is 56.8. The van der Waals surface area contributed by atoms with Gasteiger partial charge in [0.1, 0.15) is 11.5 Å². The monoisotopic (exact) mass is 1050 g/mol. The molecule has 0 saturated carbocycles. The van der Waals surface area contributed by atoms with Gasteiger partial charge in [-0.2, -0.15) is 5.10 Å². The fraction of sp³-hybridized carbons (Fsp3) is 0.566. The molecule has 1 fully saturated rings. The van der Waals surface area contributed by atoms with Gasteiger partial charge in [-0.15, -0.1) is 5.06 Å². The molecule has 75 heavy (non-hydrogen) atoms. The molecule has 4 aliphatic rings. The minimum absolute atomic E-state index is 0.0460. The SMILES string of the molecule is COc1ccc(N2C[C@@H]3C(=N2)c2cc4c(cc2[C@@H](c2cc(CO)c(OC)c(OC)c2)[C@H]3C(=O)CCCOCCOCCOCCOCCOCCOCCOCCOCCC(=O)ON2C(=O)CCC2=O)OCO4)cc1. The Bertz CT molecular complexity index is 2320. The van der Waals surface area contributed by atoms with E-state index < -0.39 is 29.6 Å². The van der Waals surface area contributed by atoms with Crippen LogP contribution in [0.3, 0.4) is 0 Å². The highest BCUT2D eigenvalue weighted by Gasteiger charge is 2.49. The number of aliphatic hydroxyl groups excluding tert-OH is 1. The molecule has 22 nitrogen and oxygen atoms in total. The van der Waals surface area contributed by atoms with Crippen LogP contribution in [0.15, 0.2) is 53.6 Å². The van der Waals surface area contributed by atoms with Crippen LogP contribution in [0.2, 0.25) is 0 Å². The van der Waals surface area contributed by atoms with E-state index in [9.17, 15) is 24.3 Å². The number of nitrogens with zero attached hydrogens (tertiary/aromatic N) is 3. The summed E-state index contributed by atoms with van der Waals surface area (Å²) < 4.78 is 73.0. The Balaban J connectivity index is 0.749. The second-order valence-corrected chi connectivity index (χ2v) is 17.5. The number of methoxy groups -OCH3 is 3. The number of fused-ring (bicyclic) bond motifs is 4. The molecule has 1 saturated heterocycles. The number of hydroxylamine groups is 2. The summed E-state index contributed by atoms with van der Waals surface area (Å²) in [5.41, 5.74) is 4.75. The van der Waals surface area contributed by atoms with Gasteiger partial charge in [0, 0.05) is 54.7 Å². The molecule has 0 bridgehead atoms. The molecule has 1 aliphatic carbocycles. The van der Waals surface area contributed by atoms with E-state index in [1.165, 1.54) is 7.11 Å². The fourth-order valence-corrected chi connectivity index (χ4v) is 9.11. The second-order valence-electron chi connectivity index (χ2n) is 17.5. The Morgan fingerprint density at radius 3 is 1.73 bits per heavy atom. The number of aliphatic hydroxyl groups is 1. The van der Waals surface area contributed by atoms with Gasteiger partial charge < -0.3 is 71.5 Å². The summed E-state index contributed by atoms with van der Waals surface area (Å²) in [6.07, 6.45) is 0.774. The van der Waals surface area contributed by atoms with E-state index >= 15 is 0 Å². The van der Waals surface area contributed by atoms with Gasteiger partial charge in [-0.1, -0.05) is 0 Å². The number of imide groups is 1. The molecule has 0 radical (unpaired) electrons. The first-order valence-corrected chi connectivity index (χ1v) is 25.2. The number of ether oxygens (including phenoxy) is 13. The highest BCUT2D eigenvalue weighted by Crippen LogP contribution is 2.52. The van der Waals surface area contributed by atoms with Crippen molar-refractivity contribution in [1.29, 1.82) is 0 Å². The lowest BCUT2D eigenvalue weighted by atomic mass is 9.63. The number of carbonyl (C=O) groups is 4. The van der Waals surface area contributed by atoms with E-state index in [2.05, 4.69) is 0 Å². The molecule has 22 heteroatoms. The third kappa shape index (κ3) is 15.8. The molecule has 3 aromatic carbocycles. The molecule has 1 N–H and O–H groups in total. The number of amides is 2. The number of hydrogen-bond acceptors (Lipinski definition) is 21. The first-order valence-electron chi connectivity index (χ1n) is 25.2. The smallest absolute Gasteiger partial charge is 0.335 e. The van der Waals surface area contributed by atoms with Gasteiger partial charge in [-0.3, -0.25) is 19.4 Å². The average molecular weight is 1050 g/mol. The zero-order valence-corrected chi connectivity index (χ0v) is 43.0. The van der Waals surface area contributed by atoms with Crippen LogP contribution in [-0.4, -0.2) is 180 Å². The summed E-state index contributed by atoms with van der Waals surface area (Å²) in [7, 11) is 4.71. The van der Waals surface area contributed by atoms with Crippen LogP contribution in [-0.2, 0) is 68.5 Å². The van der Waals surface area contributed by atoms with Crippen molar-refractivity contribution in [2.75, 3.05) is 145 Å². The van der Waals surface area contributed by atoms with Crippen molar-refractivity contribution in [1.82, 2.24) is 5.06 Å². The third-order valence-corrected chi connectivity index (χ3v) is 12.7. The number of carbonyl (C=O) groups excluding carboxylic acids is 4. The van der Waals surface area contributed by atoms with Crippen molar-refractivity contribution < 1.29 is 90.7 Å². The van der Waals surface area contributed by atoms with E-state index in [-0.39, 0.29) is 64.0 Å². The Hall–Kier alpha value is -5.95. The Kier molecular flexibility index (Phi) is 22.7. The maximum atomic E-state index is 14.8. The van der Waals surface area contributed by atoms with Crippen LogP contribution in [0.1, 0.15) is 60.3 Å². The maximum Gasteiger partial charge on any atom is 0.335 e. The largest absolute Gasteiger partial charge is 0.497 e. The van der Waals surface area contributed by atoms with Gasteiger partial charge in [0.2, 0.25) is 6.79 Å². The summed E-state index contributed by atoms with van der Waals surface area (Å²) in [6, 6.07) is 15.4. The number of anilines is 1. The number of hydrogen-bond donors (Lipinski definition) is 1. The minimum Gasteiger partial charge on any atom is -0.497 e. The molecule has 0 aromatic heterocycles. The van der Waals surface area contributed by atoms with E-state index in [4.69, 9.17) is 71.5 Å². The van der Waals surface area contributed by atoms with Crippen molar-refractivity contribution in [3.05, 3.63) is 70.8 Å². The van der Waals surface area contributed by atoms with Crippen molar-refractivity contribution >= 4 is 35.0 Å². The summed E-state index contributed by atoms with van der Waals surface area (Å²) in [5, 5.41) is 18.1. The van der Waals surface area contributed by atoms with Crippen molar-refractivity contribution in [2.45, 2.75) is 44.6 Å². The minimum atomic E-state index is -0.711. The molecule has 3 heterocycles. The van der Waals surface area contributed by atoms with Crippen molar-refractivity contribution in [3.63, 3.8) is 0 Å². The standard InChI is InChI=1S/C53H69N3O19/c1-62-39-8-6-38(7-9-39)55-33-42-51(50(36-29-37(34-57)53(64-3)46(30-36)63-2)40-31-44-45(74-35-73-44)32-41(40)52(42)54-55)43(58)5-4-13-65-15-17-67-19-21-69-23-25-71-27-28-72-26-24-70-22-20-68-18-16-66-14-12-49(61)75-56-47(59)10-11-48(56)60/h6-9,29-32,42,50-51,57H,4-5,10-28,33-35H2,1-3H3/t42-,50+,51+/m0/s1. The van der Waals surface area contributed by atoms with Crippen LogP contribution in [0.25, 0.3) is 0 Å². The summed E-state index contributed by atoms with van der Waals surface area (Å²) in [6.45, 7) is 6.07. The normalized spacial score (nSPS) is 17.5. The van der Waals surface area contributed by atoms with Gasteiger partial charge in [0.05, 0.1) is 151 Å². The van der Waals surface area contributed by atoms with Crippen LogP contribution in [0.5, 0.6) is 28.7 Å². The van der Waals surface area contributed by atoms with Gasteiger partial charge in [0.25, 0.3) is 11.8 Å². The van der Waals surface area contributed by atoms with Gasteiger partial charge >= 0.3 is 5.97 Å². The van der Waals surface area contributed by atoms with Gasteiger partial charge in [-0.25, -0.2) is 4.79 Å². The molecule has 410 valence electrons. The summed E-state index contributed by atoms with van der Waals surface area (Å²) in [4.78, 5) is 54.3. The van der Waals surface area contributed by atoms with Crippen LogP contribution < -0.4 is 28.7 Å². The summed E-state index contributed by atoms with van der Waals surface area (Å²) in [5.74, 6) is -0.153. The molecule has 7 rings (SSSR count). The Morgan fingerprint density at radius 2 is 1.20 bits per heavy atom. The molecule has 3 aliphatic heterocycles. The van der Waals surface area contributed by atoms with Gasteiger partial charge in [0.15, 0.2) is 23.0 Å².